The zero-order valence-electron chi connectivity index (χ0n) is 15.8. The van der Waals surface area contributed by atoms with Crippen LogP contribution in [0, 0.1) is 5.92 Å². The molecule has 0 saturated heterocycles. The molecule has 1 fully saturated rings. The number of nitrogens with one attached hydrogen (secondary N) is 1. The molecule has 1 atom stereocenters. The molecule has 3 rings (SSSR count). The SMILES string of the molecule is CSCC(=O)N[C@@H](C)C=Cc1cnc(Oc2ccc(OCC3CC3)cc2Cl)s1. The van der Waals surface area contributed by atoms with Crippen LogP contribution in [0.5, 0.6) is 16.7 Å². The van der Waals surface area contributed by atoms with Crippen molar-refractivity contribution in [3.8, 4) is 16.7 Å². The van der Waals surface area contributed by atoms with Gasteiger partial charge in [0.15, 0.2) is 0 Å². The number of hydrogen-bond acceptors (Lipinski definition) is 6. The molecule has 8 heteroatoms. The van der Waals surface area contributed by atoms with Gasteiger partial charge in [-0.1, -0.05) is 29.0 Å². The lowest BCUT2D eigenvalue weighted by Gasteiger charge is -2.08. The van der Waals surface area contributed by atoms with Crippen LogP contribution >= 0.6 is 34.7 Å². The standard InChI is InChI=1S/C20H23ClN2O3S2/c1-13(23-19(24)12-27-2)3-7-16-10-22-20(28-16)26-18-8-6-15(9-17(18)21)25-11-14-4-5-14/h3,6-10,13-14H,4-5,11-12H2,1-2H3,(H,23,24)/t13-/m0/s1. The topological polar surface area (TPSA) is 60.5 Å². The highest BCUT2D eigenvalue weighted by Gasteiger charge is 2.22. The summed E-state index contributed by atoms with van der Waals surface area (Å²) in [5.41, 5.74) is 0. The second kappa shape index (κ2) is 10.2. The highest BCUT2D eigenvalue weighted by molar-refractivity contribution is 7.99. The Morgan fingerprint density at radius 3 is 3.04 bits per heavy atom. The van der Waals surface area contributed by atoms with Crippen molar-refractivity contribution < 1.29 is 14.3 Å². The van der Waals surface area contributed by atoms with E-state index in [-0.39, 0.29) is 11.9 Å². The summed E-state index contributed by atoms with van der Waals surface area (Å²) < 4.78 is 11.5. The monoisotopic (exact) mass is 438 g/mol. The summed E-state index contributed by atoms with van der Waals surface area (Å²) in [4.78, 5) is 16.8. The number of aromatic nitrogens is 1. The first-order valence-electron chi connectivity index (χ1n) is 9.06. The molecule has 1 saturated carbocycles. The second-order valence-corrected chi connectivity index (χ2v) is 8.92. The Hall–Kier alpha value is -1.70. The zero-order valence-corrected chi connectivity index (χ0v) is 18.2. The molecule has 0 unspecified atom stereocenters. The van der Waals surface area contributed by atoms with Crippen molar-refractivity contribution in [2.75, 3.05) is 18.6 Å². The number of benzene rings is 1. The lowest BCUT2D eigenvalue weighted by atomic mass is 10.3. The van der Waals surface area contributed by atoms with Crippen molar-refractivity contribution in [2.45, 2.75) is 25.8 Å². The maximum atomic E-state index is 11.6. The largest absolute Gasteiger partial charge is 0.493 e. The summed E-state index contributed by atoms with van der Waals surface area (Å²) in [7, 11) is 0. The van der Waals surface area contributed by atoms with E-state index in [9.17, 15) is 4.79 Å². The molecule has 5 nitrogen and oxygen atoms in total. The normalized spacial score (nSPS) is 14.8. The molecule has 2 aromatic rings. The molecule has 1 aliphatic rings. The Balaban J connectivity index is 1.53. The second-order valence-electron chi connectivity index (χ2n) is 6.63. The van der Waals surface area contributed by atoms with Gasteiger partial charge in [0, 0.05) is 18.3 Å². The van der Waals surface area contributed by atoms with Gasteiger partial charge >= 0.3 is 0 Å². The molecule has 0 radical (unpaired) electrons. The van der Waals surface area contributed by atoms with Crippen LogP contribution in [0.4, 0.5) is 0 Å². The van der Waals surface area contributed by atoms with Crippen molar-refractivity contribution in [2.24, 2.45) is 5.92 Å². The maximum absolute atomic E-state index is 11.6. The van der Waals surface area contributed by atoms with Crippen molar-refractivity contribution in [1.29, 1.82) is 0 Å². The molecule has 28 heavy (non-hydrogen) atoms. The first-order valence-corrected chi connectivity index (χ1v) is 11.6. The van der Waals surface area contributed by atoms with Crippen LogP contribution < -0.4 is 14.8 Å². The lowest BCUT2D eigenvalue weighted by Crippen LogP contribution is -2.32. The fourth-order valence-corrected chi connectivity index (χ4v) is 3.60. The summed E-state index contributed by atoms with van der Waals surface area (Å²) in [6.07, 6.45) is 9.98. The Labute approximate surface area is 178 Å². The number of carbonyl (C=O) groups excluding carboxylic acids is 1. The number of thiazole rings is 1. The van der Waals surface area contributed by atoms with E-state index in [0.29, 0.717) is 27.6 Å². The molecule has 0 bridgehead atoms. The minimum Gasteiger partial charge on any atom is -0.493 e. The van der Waals surface area contributed by atoms with Gasteiger partial charge in [0.2, 0.25) is 5.91 Å². The number of hydrogen-bond donors (Lipinski definition) is 1. The molecule has 1 aromatic carbocycles. The number of carbonyl (C=O) groups is 1. The number of rotatable bonds is 10. The molecular weight excluding hydrogens is 416 g/mol. The molecule has 1 aromatic heterocycles. The van der Waals surface area contributed by atoms with E-state index in [4.69, 9.17) is 21.1 Å². The van der Waals surface area contributed by atoms with E-state index in [0.717, 1.165) is 17.2 Å². The molecule has 1 amide bonds. The van der Waals surface area contributed by atoms with Crippen LogP contribution in [-0.4, -0.2) is 35.5 Å². The van der Waals surface area contributed by atoms with Gasteiger partial charge in [-0.3, -0.25) is 4.79 Å². The van der Waals surface area contributed by atoms with E-state index in [2.05, 4.69) is 10.3 Å². The first kappa shape index (κ1) is 21.0. The van der Waals surface area contributed by atoms with E-state index in [1.165, 1.54) is 35.9 Å². The summed E-state index contributed by atoms with van der Waals surface area (Å²) in [5, 5.41) is 3.91. The number of nitrogens with zero attached hydrogens (tertiary/aromatic N) is 1. The van der Waals surface area contributed by atoms with E-state index in [1.54, 1.807) is 18.3 Å². The molecule has 1 aliphatic carbocycles. The predicted octanol–water partition coefficient (Wildman–Crippen LogP) is 5.26. The smallest absolute Gasteiger partial charge is 0.279 e. The van der Waals surface area contributed by atoms with Gasteiger partial charge in [-0.2, -0.15) is 11.8 Å². The number of amides is 1. The maximum Gasteiger partial charge on any atom is 0.279 e. The number of ether oxygens (including phenoxy) is 2. The van der Waals surface area contributed by atoms with Gasteiger partial charge in [0.1, 0.15) is 11.5 Å². The fraction of sp³-hybridized carbons (Fsp3) is 0.400. The average molecular weight is 439 g/mol. The summed E-state index contributed by atoms with van der Waals surface area (Å²) >= 11 is 9.22. The third-order valence-corrected chi connectivity index (χ3v) is 5.69. The van der Waals surface area contributed by atoms with Gasteiger partial charge in [-0.15, -0.1) is 0 Å². The average Bonchev–Trinajstić information content (AvgIpc) is 3.38. The van der Waals surface area contributed by atoms with Gasteiger partial charge < -0.3 is 14.8 Å². The Kier molecular flexibility index (Phi) is 7.65. The minimum atomic E-state index is -0.0521. The Morgan fingerprint density at radius 1 is 1.50 bits per heavy atom. The van der Waals surface area contributed by atoms with E-state index < -0.39 is 0 Å². The van der Waals surface area contributed by atoms with Crippen LogP contribution in [0.1, 0.15) is 24.6 Å². The van der Waals surface area contributed by atoms with Gasteiger partial charge in [0.05, 0.1) is 22.3 Å². The van der Waals surface area contributed by atoms with Crippen molar-refractivity contribution in [3.63, 3.8) is 0 Å². The van der Waals surface area contributed by atoms with Gasteiger partial charge in [0.25, 0.3) is 5.19 Å². The van der Waals surface area contributed by atoms with Crippen molar-refractivity contribution in [1.82, 2.24) is 10.3 Å². The van der Waals surface area contributed by atoms with Crippen molar-refractivity contribution >= 4 is 46.7 Å². The van der Waals surface area contributed by atoms with Crippen LogP contribution in [-0.2, 0) is 4.79 Å². The van der Waals surface area contributed by atoms with Gasteiger partial charge in [-0.25, -0.2) is 4.98 Å². The van der Waals surface area contributed by atoms with Crippen LogP contribution in [0.15, 0.2) is 30.5 Å². The number of halogens is 1. The predicted molar refractivity (Wildman–Crippen MR) is 117 cm³/mol. The fourth-order valence-electron chi connectivity index (χ4n) is 2.35. The van der Waals surface area contributed by atoms with Crippen molar-refractivity contribution in [3.05, 3.63) is 40.4 Å². The van der Waals surface area contributed by atoms with E-state index in [1.807, 2.05) is 31.4 Å². The molecule has 150 valence electrons. The van der Waals surface area contributed by atoms with Crippen LogP contribution in [0.3, 0.4) is 0 Å². The van der Waals surface area contributed by atoms with Crippen LogP contribution in [0.2, 0.25) is 5.02 Å². The molecule has 0 spiro atoms. The highest BCUT2D eigenvalue weighted by atomic mass is 35.5. The third-order valence-electron chi connectivity index (χ3n) is 4.00. The third kappa shape index (κ3) is 6.72. The Morgan fingerprint density at radius 2 is 2.32 bits per heavy atom. The first-order chi connectivity index (χ1) is 13.5. The molecule has 0 aliphatic heterocycles. The molecular formula is C20H23ClN2O3S2. The van der Waals surface area contributed by atoms with Crippen LogP contribution in [0.25, 0.3) is 6.08 Å². The summed E-state index contributed by atoms with van der Waals surface area (Å²) in [5.74, 6) is 2.48. The zero-order chi connectivity index (χ0) is 19.9. The molecule has 1 N–H and O–H groups in total. The highest BCUT2D eigenvalue weighted by Crippen LogP contribution is 2.35. The summed E-state index contributed by atoms with van der Waals surface area (Å²) in [6.45, 7) is 2.68. The summed E-state index contributed by atoms with van der Waals surface area (Å²) in [6, 6.07) is 5.37. The molecule has 1 heterocycles. The number of thioether (sulfide) groups is 1. The minimum absolute atomic E-state index is 0.0252. The lowest BCUT2D eigenvalue weighted by molar-refractivity contribution is -0.118. The van der Waals surface area contributed by atoms with Gasteiger partial charge in [-0.05, 0) is 50.1 Å². The van der Waals surface area contributed by atoms with E-state index >= 15 is 0 Å². The Bertz CT molecular complexity index is 837. The quantitative estimate of drug-likeness (QED) is 0.548.